The molecule has 7 rings (SSSR count). The number of nitrogens with zero attached hydrogens (tertiary/aromatic N) is 4. The molecule has 3 heterocycles. The maximum absolute atomic E-state index is 5.41. The Hall–Kier alpha value is -4.30. The van der Waals surface area contributed by atoms with E-state index in [1.807, 2.05) is 24.3 Å². The van der Waals surface area contributed by atoms with Crippen molar-refractivity contribution in [1.29, 1.82) is 0 Å². The number of nitrogens with one attached hydrogen (secondary N) is 2. The van der Waals surface area contributed by atoms with E-state index in [9.17, 15) is 0 Å². The average Bonchev–Trinajstić information content (AvgIpc) is 3.13. The van der Waals surface area contributed by atoms with Crippen molar-refractivity contribution in [3.63, 3.8) is 0 Å². The molecule has 0 bridgehead atoms. The van der Waals surface area contributed by atoms with Crippen molar-refractivity contribution in [2.75, 3.05) is 76.2 Å². The second kappa shape index (κ2) is 16.5. The Morgan fingerprint density at radius 3 is 1.43 bits per heavy atom. The van der Waals surface area contributed by atoms with E-state index in [4.69, 9.17) is 14.7 Å². The Balaban J connectivity index is 0.000000165. The molecule has 0 amide bonds. The molecule has 6 aromatic rings. The van der Waals surface area contributed by atoms with E-state index >= 15 is 0 Å². The molecule has 0 unspecified atom stereocenters. The minimum absolute atomic E-state index is 0.868. The third kappa shape index (κ3) is 8.17. The predicted molar refractivity (Wildman–Crippen MR) is 200 cm³/mol. The van der Waals surface area contributed by atoms with E-state index in [0.717, 1.165) is 100 Å². The first-order valence-corrected chi connectivity index (χ1v) is 17.3. The van der Waals surface area contributed by atoms with Crippen molar-refractivity contribution < 1.29 is 4.74 Å². The average molecular weight is 629 g/mol. The molecule has 1 fully saturated rings. The van der Waals surface area contributed by atoms with Crippen LogP contribution in [0.15, 0.2) is 97.1 Å². The zero-order chi connectivity index (χ0) is 32.3. The summed E-state index contributed by atoms with van der Waals surface area (Å²) in [4.78, 5) is 14.5. The van der Waals surface area contributed by atoms with Crippen LogP contribution in [0.25, 0.3) is 43.6 Å². The fraction of sp³-hybridized carbons (Fsp3) is 0.350. The number of morpholine rings is 1. The third-order valence-corrected chi connectivity index (χ3v) is 9.08. The fourth-order valence-electron chi connectivity index (χ4n) is 6.46. The van der Waals surface area contributed by atoms with Gasteiger partial charge in [0, 0.05) is 47.7 Å². The molecule has 244 valence electrons. The van der Waals surface area contributed by atoms with Gasteiger partial charge in [-0.2, -0.15) is 0 Å². The van der Waals surface area contributed by atoms with Gasteiger partial charge >= 0.3 is 0 Å². The number of hydrogen-bond donors (Lipinski definition) is 2. The van der Waals surface area contributed by atoms with Gasteiger partial charge in [0.1, 0.15) is 0 Å². The lowest BCUT2D eigenvalue weighted by Gasteiger charge is -2.26. The summed E-state index contributed by atoms with van der Waals surface area (Å²) >= 11 is 0. The first-order chi connectivity index (χ1) is 23.2. The monoisotopic (exact) mass is 628 g/mol. The highest BCUT2D eigenvalue weighted by Crippen LogP contribution is 2.31. The molecular formula is C40H48N6O. The van der Waals surface area contributed by atoms with E-state index < -0.39 is 0 Å². The number of hydrogen-bond acceptors (Lipinski definition) is 7. The summed E-state index contributed by atoms with van der Waals surface area (Å²) in [6.07, 6.45) is 2.28. The Morgan fingerprint density at radius 1 is 0.596 bits per heavy atom. The summed E-state index contributed by atoms with van der Waals surface area (Å²) in [5, 5.41) is 12.1. The van der Waals surface area contributed by atoms with Crippen LogP contribution in [-0.2, 0) is 4.74 Å². The minimum atomic E-state index is 0.868. The summed E-state index contributed by atoms with van der Waals surface area (Å²) in [5.41, 5.74) is 6.62. The van der Waals surface area contributed by atoms with E-state index in [2.05, 4.69) is 107 Å². The fourth-order valence-corrected chi connectivity index (χ4v) is 6.46. The summed E-state index contributed by atoms with van der Waals surface area (Å²) in [6.45, 7) is 14.8. The number of ether oxygens (including phenoxy) is 1. The molecule has 47 heavy (non-hydrogen) atoms. The molecule has 7 heteroatoms. The normalized spacial score (nSPS) is 13.7. The van der Waals surface area contributed by atoms with Gasteiger partial charge in [-0.25, -0.2) is 9.97 Å². The number of rotatable bonds is 12. The lowest BCUT2D eigenvalue weighted by Crippen LogP contribution is -2.37. The second-order valence-electron chi connectivity index (χ2n) is 12.1. The highest BCUT2D eigenvalue weighted by atomic mass is 16.5. The lowest BCUT2D eigenvalue weighted by molar-refractivity contribution is 0.0378. The van der Waals surface area contributed by atoms with Gasteiger partial charge in [0.05, 0.1) is 46.7 Å². The summed E-state index contributed by atoms with van der Waals surface area (Å²) in [7, 11) is 0. The van der Waals surface area contributed by atoms with Gasteiger partial charge in [-0.05, 0) is 63.3 Å². The SMILES string of the molecule is CCN(CC)CCCNc1c2ccccc2nc2ccccc12.c1ccc2c(NCCCN3CCOCC3)c3ccccc3nc2c1. The zero-order valence-corrected chi connectivity index (χ0v) is 27.9. The van der Waals surface area contributed by atoms with Gasteiger partial charge in [0.15, 0.2) is 0 Å². The zero-order valence-electron chi connectivity index (χ0n) is 27.9. The first kappa shape index (κ1) is 32.6. The van der Waals surface area contributed by atoms with Gasteiger partial charge in [-0.15, -0.1) is 0 Å². The molecule has 2 aromatic heterocycles. The molecule has 7 nitrogen and oxygen atoms in total. The van der Waals surface area contributed by atoms with Crippen LogP contribution >= 0.6 is 0 Å². The topological polar surface area (TPSA) is 65.5 Å². The van der Waals surface area contributed by atoms with Gasteiger partial charge in [-0.1, -0.05) is 86.6 Å². The second-order valence-corrected chi connectivity index (χ2v) is 12.1. The lowest BCUT2D eigenvalue weighted by atomic mass is 10.1. The van der Waals surface area contributed by atoms with Gasteiger partial charge in [-0.3, -0.25) is 4.90 Å². The summed E-state index contributed by atoms with van der Waals surface area (Å²) in [5.74, 6) is 0. The highest BCUT2D eigenvalue weighted by Gasteiger charge is 2.11. The van der Waals surface area contributed by atoms with Crippen molar-refractivity contribution in [1.82, 2.24) is 19.8 Å². The van der Waals surface area contributed by atoms with Crippen LogP contribution in [0.2, 0.25) is 0 Å². The van der Waals surface area contributed by atoms with Crippen LogP contribution in [0.3, 0.4) is 0 Å². The van der Waals surface area contributed by atoms with Crippen LogP contribution in [-0.4, -0.2) is 85.3 Å². The van der Waals surface area contributed by atoms with Gasteiger partial charge in [0.25, 0.3) is 0 Å². The molecule has 1 aliphatic heterocycles. The molecule has 0 saturated carbocycles. The van der Waals surface area contributed by atoms with Crippen molar-refractivity contribution in [2.24, 2.45) is 0 Å². The Morgan fingerprint density at radius 2 is 1.00 bits per heavy atom. The predicted octanol–water partition coefficient (Wildman–Crippen LogP) is 8.05. The molecule has 1 aliphatic rings. The van der Waals surface area contributed by atoms with E-state index in [-0.39, 0.29) is 0 Å². The van der Waals surface area contributed by atoms with E-state index in [0.29, 0.717) is 0 Å². The van der Waals surface area contributed by atoms with Crippen LogP contribution in [0.1, 0.15) is 26.7 Å². The quantitative estimate of drug-likeness (QED) is 0.105. The maximum Gasteiger partial charge on any atom is 0.0730 e. The number of para-hydroxylation sites is 4. The smallest absolute Gasteiger partial charge is 0.0730 e. The number of benzene rings is 4. The van der Waals surface area contributed by atoms with E-state index in [1.165, 1.54) is 32.9 Å². The molecule has 0 atom stereocenters. The Bertz CT molecular complexity index is 1770. The minimum Gasteiger partial charge on any atom is -0.384 e. The Labute approximate surface area is 278 Å². The first-order valence-electron chi connectivity index (χ1n) is 17.3. The number of pyridine rings is 2. The third-order valence-electron chi connectivity index (χ3n) is 9.08. The molecule has 0 spiro atoms. The van der Waals surface area contributed by atoms with Gasteiger partial charge < -0.3 is 20.3 Å². The van der Waals surface area contributed by atoms with Crippen molar-refractivity contribution in [3.8, 4) is 0 Å². The number of aromatic nitrogens is 2. The molecule has 0 radical (unpaired) electrons. The van der Waals surface area contributed by atoms with Crippen molar-refractivity contribution in [2.45, 2.75) is 26.7 Å². The highest BCUT2D eigenvalue weighted by molar-refractivity contribution is 6.08. The molecule has 0 aliphatic carbocycles. The maximum atomic E-state index is 5.41. The van der Waals surface area contributed by atoms with Crippen LogP contribution in [0.4, 0.5) is 11.4 Å². The van der Waals surface area contributed by atoms with Crippen LogP contribution in [0.5, 0.6) is 0 Å². The number of fused-ring (bicyclic) bond motifs is 4. The molecule has 2 N–H and O–H groups in total. The van der Waals surface area contributed by atoms with Crippen LogP contribution in [0, 0.1) is 0 Å². The standard InChI is InChI=1S/C20H23N3O.C20H25N3/c1-3-8-18-16(6-1)20(17-7-2-4-9-19(17)22-18)21-10-5-11-23-12-14-24-15-13-23;1-3-23(4-2)15-9-14-21-20-16-10-5-7-12-18(16)22-19-13-8-6-11-17(19)20/h1-4,6-9H,5,10-15H2,(H,21,22);5-8,10-13H,3-4,9,14-15H2,1-2H3,(H,21,22). The molecular weight excluding hydrogens is 580 g/mol. The number of anilines is 2. The summed E-state index contributed by atoms with van der Waals surface area (Å²) in [6, 6.07) is 33.5. The molecule has 1 saturated heterocycles. The van der Waals surface area contributed by atoms with E-state index in [1.54, 1.807) is 0 Å². The van der Waals surface area contributed by atoms with Crippen LogP contribution < -0.4 is 10.6 Å². The summed E-state index contributed by atoms with van der Waals surface area (Å²) < 4.78 is 5.41. The van der Waals surface area contributed by atoms with Crippen molar-refractivity contribution >= 4 is 55.0 Å². The largest absolute Gasteiger partial charge is 0.384 e. The molecule has 4 aromatic carbocycles. The van der Waals surface area contributed by atoms with Crippen molar-refractivity contribution in [3.05, 3.63) is 97.1 Å². The Kier molecular flexibility index (Phi) is 11.5. The van der Waals surface area contributed by atoms with Gasteiger partial charge in [0.2, 0.25) is 0 Å².